The Kier molecular flexibility index (Phi) is 6.19. The third-order valence-electron chi connectivity index (χ3n) is 7.12. The van der Waals surface area contributed by atoms with Gasteiger partial charge >= 0.3 is 0 Å². The standard InChI is InChI=1S/C26H34N8O/c1-6-27-13-22(35)33-11-9-32(10-12-33)21-8-7-20-25(31-21)23(16(2)3)24(30-20)19-14-34-26(28-15-29-34)18(5)17(19)4/h7-8,14-16,27,30H,6,9-13H2,1-5H3. The van der Waals surface area contributed by atoms with Gasteiger partial charge in [-0.3, -0.25) is 4.79 Å². The summed E-state index contributed by atoms with van der Waals surface area (Å²) in [5.74, 6) is 1.42. The first-order valence-corrected chi connectivity index (χ1v) is 12.4. The first-order valence-electron chi connectivity index (χ1n) is 12.4. The average molecular weight is 475 g/mol. The summed E-state index contributed by atoms with van der Waals surface area (Å²) in [6.07, 6.45) is 3.66. The number of fused-ring (bicyclic) bond motifs is 2. The van der Waals surface area contributed by atoms with E-state index in [2.05, 4.69) is 71.3 Å². The fraction of sp³-hybridized carbons (Fsp3) is 0.462. The maximum absolute atomic E-state index is 12.4. The number of anilines is 1. The Hall–Kier alpha value is -3.46. The maximum Gasteiger partial charge on any atom is 0.236 e. The Bertz CT molecular complexity index is 1380. The number of nitrogens with zero attached hydrogens (tertiary/aromatic N) is 6. The highest BCUT2D eigenvalue weighted by Crippen LogP contribution is 2.37. The average Bonchev–Trinajstić information content (AvgIpc) is 3.49. The van der Waals surface area contributed by atoms with Crippen molar-refractivity contribution in [3.05, 3.63) is 41.3 Å². The second-order valence-electron chi connectivity index (χ2n) is 9.60. The molecule has 2 N–H and O–H groups in total. The molecule has 35 heavy (non-hydrogen) atoms. The molecule has 5 heterocycles. The van der Waals surface area contributed by atoms with E-state index in [4.69, 9.17) is 4.98 Å². The van der Waals surface area contributed by atoms with E-state index in [1.165, 1.54) is 11.1 Å². The largest absolute Gasteiger partial charge is 0.353 e. The Morgan fingerprint density at radius 1 is 1.14 bits per heavy atom. The van der Waals surface area contributed by atoms with E-state index < -0.39 is 0 Å². The molecule has 0 spiro atoms. The lowest BCUT2D eigenvalue weighted by molar-refractivity contribution is -0.130. The van der Waals surface area contributed by atoms with Crippen molar-refractivity contribution in [2.75, 3.05) is 44.2 Å². The summed E-state index contributed by atoms with van der Waals surface area (Å²) >= 11 is 0. The quantitative estimate of drug-likeness (QED) is 0.445. The minimum Gasteiger partial charge on any atom is -0.353 e. The fourth-order valence-electron chi connectivity index (χ4n) is 5.01. The first-order chi connectivity index (χ1) is 16.9. The first kappa shape index (κ1) is 23.3. The number of piperazine rings is 1. The van der Waals surface area contributed by atoms with Crippen LogP contribution in [0.4, 0.5) is 5.82 Å². The second kappa shape index (κ2) is 9.30. The van der Waals surface area contributed by atoms with Crippen LogP contribution < -0.4 is 10.2 Å². The van der Waals surface area contributed by atoms with Crippen molar-refractivity contribution in [1.29, 1.82) is 0 Å². The Morgan fingerprint density at radius 3 is 2.63 bits per heavy atom. The minimum absolute atomic E-state index is 0.169. The zero-order chi connectivity index (χ0) is 24.7. The van der Waals surface area contributed by atoms with Gasteiger partial charge in [0, 0.05) is 43.5 Å². The molecule has 4 aromatic rings. The molecule has 1 aliphatic rings. The molecule has 0 aromatic carbocycles. The van der Waals surface area contributed by atoms with Gasteiger partial charge in [0.05, 0.1) is 23.3 Å². The number of pyridine rings is 2. The van der Waals surface area contributed by atoms with E-state index in [1.54, 1.807) is 6.33 Å². The van der Waals surface area contributed by atoms with Crippen LogP contribution in [-0.2, 0) is 4.79 Å². The molecule has 0 aliphatic carbocycles. The van der Waals surface area contributed by atoms with Gasteiger partial charge in [0.1, 0.15) is 12.1 Å². The molecule has 4 aromatic heterocycles. The SMILES string of the molecule is CCNCC(=O)N1CCN(c2ccc3[nH]c(-c4cn5ncnc5c(C)c4C)c(C(C)C)c3n2)CC1. The zero-order valence-corrected chi connectivity index (χ0v) is 21.2. The number of amides is 1. The highest BCUT2D eigenvalue weighted by atomic mass is 16.2. The summed E-state index contributed by atoms with van der Waals surface area (Å²) in [5, 5.41) is 7.51. The molecule has 1 fully saturated rings. The van der Waals surface area contributed by atoms with Crippen LogP contribution in [0.1, 0.15) is 43.4 Å². The Balaban J connectivity index is 1.49. The summed E-state index contributed by atoms with van der Waals surface area (Å²) in [6.45, 7) is 14.9. The zero-order valence-electron chi connectivity index (χ0n) is 21.2. The van der Waals surface area contributed by atoms with Gasteiger partial charge in [-0.15, -0.1) is 0 Å². The van der Waals surface area contributed by atoms with Crippen LogP contribution in [0.15, 0.2) is 24.7 Å². The molecular weight excluding hydrogens is 440 g/mol. The molecular formula is C26H34N8O. The monoisotopic (exact) mass is 474 g/mol. The molecule has 0 unspecified atom stereocenters. The van der Waals surface area contributed by atoms with Crippen LogP contribution in [0.3, 0.4) is 0 Å². The van der Waals surface area contributed by atoms with Crippen LogP contribution >= 0.6 is 0 Å². The highest BCUT2D eigenvalue weighted by molar-refractivity contribution is 5.90. The lowest BCUT2D eigenvalue weighted by atomic mass is 9.95. The molecule has 5 rings (SSSR count). The summed E-state index contributed by atoms with van der Waals surface area (Å²) in [5.41, 5.74) is 8.67. The molecule has 0 saturated carbocycles. The molecule has 0 bridgehead atoms. The topological polar surface area (TPSA) is 94.5 Å². The van der Waals surface area contributed by atoms with Crippen molar-refractivity contribution in [2.24, 2.45) is 0 Å². The maximum atomic E-state index is 12.4. The second-order valence-corrected chi connectivity index (χ2v) is 9.60. The van der Waals surface area contributed by atoms with Crippen molar-refractivity contribution in [2.45, 2.75) is 40.5 Å². The number of nitrogens with one attached hydrogen (secondary N) is 2. The molecule has 0 radical (unpaired) electrons. The van der Waals surface area contributed by atoms with E-state index in [0.29, 0.717) is 6.54 Å². The van der Waals surface area contributed by atoms with Crippen LogP contribution in [0, 0.1) is 13.8 Å². The van der Waals surface area contributed by atoms with Crippen molar-refractivity contribution >= 4 is 28.4 Å². The lowest BCUT2D eigenvalue weighted by Crippen LogP contribution is -2.51. The number of hydrogen-bond acceptors (Lipinski definition) is 6. The van der Waals surface area contributed by atoms with E-state index in [0.717, 1.165) is 72.0 Å². The van der Waals surface area contributed by atoms with Crippen LogP contribution in [0.2, 0.25) is 0 Å². The minimum atomic E-state index is 0.169. The molecule has 9 heteroatoms. The normalized spacial score (nSPS) is 14.6. The van der Waals surface area contributed by atoms with E-state index in [9.17, 15) is 4.79 Å². The number of aromatic amines is 1. The van der Waals surface area contributed by atoms with Gasteiger partial charge in [-0.25, -0.2) is 14.5 Å². The van der Waals surface area contributed by atoms with E-state index in [1.807, 2.05) is 16.3 Å². The molecule has 184 valence electrons. The van der Waals surface area contributed by atoms with Gasteiger partial charge in [-0.1, -0.05) is 20.8 Å². The van der Waals surface area contributed by atoms with E-state index in [-0.39, 0.29) is 11.8 Å². The van der Waals surface area contributed by atoms with Gasteiger partial charge in [-0.05, 0) is 49.6 Å². The van der Waals surface area contributed by atoms with Gasteiger partial charge in [0.15, 0.2) is 5.65 Å². The summed E-state index contributed by atoms with van der Waals surface area (Å²) in [6, 6.07) is 4.22. The van der Waals surface area contributed by atoms with Crippen molar-refractivity contribution < 1.29 is 4.79 Å². The van der Waals surface area contributed by atoms with Crippen molar-refractivity contribution in [1.82, 2.24) is 34.8 Å². The van der Waals surface area contributed by atoms with Gasteiger partial charge in [0.2, 0.25) is 5.91 Å². The van der Waals surface area contributed by atoms with Gasteiger partial charge < -0.3 is 20.1 Å². The Morgan fingerprint density at radius 2 is 1.91 bits per heavy atom. The molecule has 0 atom stereocenters. The third kappa shape index (κ3) is 4.14. The number of rotatable bonds is 6. The Labute approximate surface area is 205 Å². The number of carbonyl (C=O) groups is 1. The molecule has 1 aliphatic heterocycles. The molecule has 9 nitrogen and oxygen atoms in total. The molecule has 1 amide bonds. The molecule has 1 saturated heterocycles. The predicted molar refractivity (Wildman–Crippen MR) is 139 cm³/mol. The number of H-pyrrole nitrogens is 1. The van der Waals surface area contributed by atoms with Crippen molar-refractivity contribution in [3.8, 4) is 11.3 Å². The number of carbonyl (C=O) groups excluding carboxylic acids is 1. The third-order valence-corrected chi connectivity index (χ3v) is 7.12. The fourth-order valence-corrected chi connectivity index (χ4v) is 5.01. The van der Waals surface area contributed by atoms with Crippen LogP contribution in [0.5, 0.6) is 0 Å². The number of hydrogen-bond donors (Lipinski definition) is 2. The van der Waals surface area contributed by atoms with E-state index >= 15 is 0 Å². The van der Waals surface area contributed by atoms with Crippen LogP contribution in [0.25, 0.3) is 27.9 Å². The summed E-state index contributed by atoms with van der Waals surface area (Å²) in [7, 11) is 0. The highest BCUT2D eigenvalue weighted by Gasteiger charge is 2.24. The van der Waals surface area contributed by atoms with Gasteiger partial charge in [0.25, 0.3) is 0 Å². The van der Waals surface area contributed by atoms with Gasteiger partial charge in [-0.2, -0.15) is 5.10 Å². The van der Waals surface area contributed by atoms with Crippen molar-refractivity contribution in [3.63, 3.8) is 0 Å². The summed E-state index contributed by atoms with van der Waals surface area (Å²) < 4.78 is 1.85. The smallest absolute Gasteiger partial charge is 0.236 e. The number of likely N-dealkylation sites (N-methyl/N-ethyl adjacent to an activating group) is 1. The lowest BCUT2D eigenvalue weighted by Gasteiger charge is -2.35. The van der Waals surface area contributed by atoms with Crippen LogP contribution in [-0.4, -0.2) is 74.6 Å². The number of aryl methyl sites for hydroxylation is 1. The number of aromatic nitrogens is 5. The predicted octanol–water partition coefficient (Wildman–Crippen LogP) is 3.27. The summed E-state index contributed by atoms with van der Waals surface area (Å²) in [4.78, 5) is 29.8.